The number of methoxy groups -OCH3 is 1. The largest absolute Gasteiger partial charge is 0.508 e. The highest BCUT2D eigenvalue weighted by Gasteiger charge is 2.57. The third kappa shape index (κ3) is 6.08. The topological polar surface area (TPSA) is 76.1 Å². The molecule has 3 aliphatic rings. The Bertz CT molecular complexity index is 1460. The zero-order chi connectivity index (χ0) is 31.3. The van der Waals surface area contributed by atoms with Crippen LogP contribution >= 0.6 is 0 Å². The van der Waals surface area contributed by atoms with Crippen LogP contribution in [0.25, 0.3) is 6.08 Å². The summed E-state index contributed by atoms with van der Waals surface area (Å²) in [4.78, 5) is 27.7. The van der Waals surface area contributed by atoms with Gasteiger partial charge in [-0.2, -0.15) is 26.3 Å². The maximum Gasteiger partial charge on any atom is 0.416 e. The van der Waals surface area contributed by atoms with Gasteiger partial charge in [0.15, 0.2) is 0 Å². The Morgan fingerprint density at radius 2 is 1.70 bits per heavy atom. The van der Waals surface area contributed by atoms with Crippen molar-refractivity contribution < 1.29 is 50.5 Å². The number of nitrogens with zero attached hydrogens (tertiary/aromatic N) is 1. The molecule has 2 amide bonds. The number of amides is 2. The minimum absolute atomic E-state index is 0.0374. The summed E-state index contributed by atoms with van der Waals surface area (Å²) in [6.07, 6.45) is -7.53. The lowest BCUT2D eigenvalue weighted by molar-refractivity contribution is -0.143. The molecule has 2 heterocycles. The van der Waals surface area contributed by atoms with Crippen molar-refractivity contribution in [1.29, 1.82) is 0 Å². The molecule has 0 aromatic heterocycles. The summed E-state index contributed by atoms with van der Waals surface area (Å²) in [6, 6.07) is 7.55. The number of hydrogen-bond donors (Lipinski definition) is 1. The molecule has 0 unspecified atom stereocenters. The molecule has 230 valence electrons. The summed E-state index contributed by atoms with van der Waals surface area (Å²) in [7, 11) is 1.47. The number of anilines is 1. The number of benzene rings is 2. The first-order valence-corrected chi connectivity index (χ1v) is 13.6. The molecule has 2 fully saturated rings. The number of ether oxygens (including phenoxy) is 2. The lowest BCUT2D eigenvalue weighted by atomic mass is 9.69. The summed E-state index contributed by atoms with van der Waals surface area (Å²) in [5.74, 6) is -4.07. The Kier molecular flexibility index (Phi) is 8.21. The molecule has 1 aliphatic carbocycles. The summed E-state index contributed by atoms with van der Waals surface area (Å²) < 4.78 is 92.6. The van der Waals surface area contributed by atoms with Crippen molar-refractivity contribution in [2.24, 2.45) is 17.8 Å². The number of phenols is 1. The normalized spacial score (nSPS) is 24.6. The molecule has 5 rings (SSSR count). The van der Waals surface area contributed by atoms with Gasteiger partial charge in [0.25, 0.3) is 0 Å². The Labute approximate surface area is 243 Å². The summed E-state index contributed by atoms with van der Waals surface area (Å²) in [5, 5.41) is 9.72. The van der Waals surface area contributed by atoms with E-state index in [1.54, 1.807) is 18.2 Å². The number of halogens is 6. The third-order valence-electron chi connectivity index (χ3n) is 8.24. The molecule has 2 saturated heterocycles. The highest BCUT2D eigenvalue weighted by Crippen LogP contribution is 2.51. The highest BCUT2D eigenvalue weighted by atomic mass is 19.4. The van der Waals surface area contributed by atoms with Gasteiger partial charge in [0, 0.05) is 13.0 Å². The number of fused-ring (bicyclic) bond motifs is 3. The molecule has 0 saturated carbocycles. The van der Waals surface area contributed by atoms with Gasteiger partial charge in [-0.1, -0.05) is 23.8 Å². The SMILES string of the molecule is COCC1=C2[C@@H](CC/C(C)=C/c3cccc(O)c3)OC[C@@H]2[C@@H]2C(=O)N(c3cc(C(F)(F)F)cc(C(F)(F)F)c3)C(=O)[C@@H]2C1. The van der Waals surface area contributed by atoms with Crippen LogP contribution in [0.3, 0.4) is 0 Å². The molecule has 2 aliphatic heterocycles. The van der Waals surface area contributed by atoms with Crippen molar-refractivity contribution in [3.8, 4) is 5.75 Å². The second-order valence-corrected chi connectivity index (χ2v) is 11.2. The van der Waals surface area contributed by atoms with Crippen molar-refractivity contribution >= 4 is 23.6 Å². The van der Waals surface area contributed by atoms with E-state index in [2.05, 4.69) is 0 Å². The number of aromatic hydroxyl groups is 1. The summed E-state index contributed by atoms with van der Waals surface area (Å²) in [5.41, 5.74) is -0.602. The fourth-order valence-corrected chi connectivity index (χ4v) is 6.43. The molecular formula is C31H29F6NO5. The fourth-order valence-electron chi connectivity index (χ4n) is 6.43. The van der Waals surface area contributed by atoms with Crippen LogP contribution < -0.4 is 4.90 Å². The molecule has 0 spiro atoms. The Morgan fingerprint density at radius 1 is 1.02 bits per heavy atom. The average molecular weight is 610 g/mol. The van der Waals surface area contributed by atoms with E-state index in [4.69, 9.17) is 9.47 Å². The fraction of sp³-hybridized carbons (Fsp3) is 0.419. The zero-order valence-electron chi connectivity index (χ0n) is 23.3. The van der Waals surface area contributed by atoms with Crippen molar-refractivity contribution in [1.82, 2.24) is 0 Å². The van der Waals surface area contributed by atoms with Gasteiger partial charge in [0.1, 0.15) is 5.75 Å². The molecule has 12 heteroatoms. The molecular weight excluding hydrogens is 580 g/mol. The Hall–Kier alpha value is -3.64. The first-order chi connectivity index (χ1) is 20.2. The number of carbonyl (C=O) groups is 2. The van der Waals surface area contributed by atoms with Crippen LogP contribution in [0.15, 0.2) is 59.2 Å². The summed E-state index contributed by atoms with van der Waals surface area (Å²) in [6.45, 7) is 2.14. The summed E-state index contributed by atoms with van der Waals surface area (Å²) >= 11 is 0. The van der Waals surface area contributed by atoms with E-state index in [9.17, 15) is 41.0 Å². The lowest BCUT2D eigenvalue weighted by Gasteiger charge is -2.31. The number of allylic oxidation sites excluding steroid dienone is 1. The van der Waals surface area contributed by atoms with Crippen molar-refractivity contribution in [2.45, 2.75) is 44.6 Å². The molecule has 0 radical (unpaired) electrons. The van der Waals surface area contributed by atoms with Crippen LogP contribution in [-0.2, 0) is 31.4 Å². The maximum absolute atomic E-state index is 13.7. The minimum Gasteiger partial charge on any atom is -0.508 e. The van der Waals surface area contributed by atoms with Gasteiger partial charge < -0.3 is 14.6 Å². The van der Waals surface area contributed by atoms with Gasteiger partial charge >= 0.3 is 12.4 Å². The zero-order valence-corrected chi connectivity index (χ0v) is 23.3. The minimum atomic E-state index is -5.13. The van der Waals surface area contributed by atoms with Crippen LogP contribution in [-0.4, -0.2) is 43.3 Å². The first kappa shape index (κ1) is 30.8. The molecule has 43 heavy (non-hydrogen) atoms. The Balaban J connectivity index is 1.43. The molecule has 1 N–H and O–H groups in total. The first-order valence-electron chi connectivity index (χ1n) is 13.6. The van der Waals surface area contributed by atoms with Gasteiger partial charge in [0.2, 0.25) is 11.8 Å². The predicted molar refractivity (Wildman–Crippen MR) is 144 cm³/mol. The number of phenolic OH excluding ortho intramolecular Hbond substituents is 1. The van der Waals surface area contributed by atoms with Gasteiger partial charge in [-0.25, -0.2) is 4.90 Å². The molecule has 0 bridgehead atoms. The number of carbonyl (C=O) groups excluding carboxylic acids is 2. The van der Waals surface area contributed by atoms with Crippen LogP contribution in [0, 0.1) is 17.8 Å². The molecule has 2 aromatic rings. The van der Waals surface area contributed by atoms with Gasteiger partial charge in [-0.05, 0) is 73.2 Å². The van der Waals surface area contributed by atoms with Crippen molar-refractivity contribution in [2.75, 3.05) is 25.2 Å². The second kappa shape index (κ2) is 11.5. The number of imide groups is 1. The van der Waals surface area contributed by atoms with Crippen LogP contribution in [0.5, 0.6) is 5.75 Å². The average Bonchev–Trinajstić information content (AvgIpc) is 3.45. The van der Waals surface area contributed by atoms with Gasteiger partial charge in [0.05, 0.1) is 48.0 Å². The van der Waals surface area contributed by atoms with E-state index in [1.165, 1.54) is 7.11 Å². The lowest BCUT2D eigenvalue weighted by Crippen LogP contribution is -2.35. The Morgan fingerprint density at radius 3 is 2.30 bits per heavy atom. The molecule has 6 nitrogen and oxygen atoms in total. The monoisotopic (exact) mass is 609 g/mol. The number of hydrogen-bond acceptors (Lipinski definition) is 5. The van der Waals surface area contributed by atoms with Gasteiger partial charge in [-0.3, -0.25) is 9.59 Å². The smallest absolute Gasteiger partial charge is 0.416 e. The van der Waals surface area contributed by atoms with Gasteiger partial charge in [-0.15, -0.1) is 0 Å². The third-order valence-corrected chi connectivity index (χ3v) is 8.24. The van der Waals surface area contributed by atoms with Crippen LogP contribution in [0.1, 0.15) is 42.9 Å². The maximum atomic E-state index is 13.7. The molecule has 4 atom stereocenters. The second-order valence-electron chi connectivity index (χ2n) is 11.2. The van der Waals surface area contributed by atoms with E-state index < -0.39 is 64.8 Å². The number of rotatable bonds is 7. The van der Waals surface area contributed by atoms with E-state index in [0.29, 0.717) is 29.9 Å². The van der Waals surface area contributed by atoms with Crippen molar-refractivity contribution in [3.63, 3.8) is 0 Å². The van der Waals surface area contributed by atoms with Crippen LogP contribution in [0.2, 0.25) is 0 Å². The molecule has 2 aromatic carbocycles. The highest BCUT2D eigenvalue weighted by molar-refractivity contribution is 6.22. The van der Waals surface area contributed by atoms with Crippen LogP contribution in [0.4, 0.5) is 32.0 Å². The number of alkyl halides is 6. The van der Waals surface area contributed by atoms with E-state index in [1.807, 2.05) is 19.1 Å². The van der Waals surface area contributed by atoms with Crippen molar-refractivity contribution in [3.05, 3.63) is 75.9 Å². The van der Waals surface area contributed by atoms with E-state index >= 15 is 0 Å². The quantitative estimate of drug-likeness (QED) is 0.213. The van der Waals surface area contributed by atoms with E-state index in [0.717, 1.165) is 22.3 Å². The predicted octanol–water partition coefficient (Wildman–Crippen LogP) is 6.78. The van der Waals surface area contributed by atoms with E-state index in [-0.39, 0.29) is 31.5 Å². The standard InChI is InChI=1S/C31H29F6NO5/c1-16(8-17-4-3-5-22(39)9-17)6-7-25-26-18(14-42-2)10-23-27(24(26)15-43-25)29(41)38(28(23)40)21-12-19(30(32,33)34)11-20(13-21)31(35,36)37/h3-5,8-9,11-13,23-25,27,39H,6-7,10,14-15H2,1-2H3/b16-8+/t23-,24+,25-,27-/m1/s1.